The second-order valence-corrected chi connectivity index (χ2v) is 8.36. The average Bonchev–Trinajstić information content (AvgIpc) is 3.32. The molecule has 3 aromatic rings. The minimum atomic E-state index is -0.745. The predicted octanol–water partition coefficient (Wildman–Crippen LogP) is 2.50. The molecular weight excluding hydrogens is 438 g/mol. The lowest BCUT2D eigenvalue weighted by Crippen LogP contribution is -2.19. The number of nitrogens with zero attached hydrogens (tertiary/aromatic N) is 4. The summed E-state index contributed by atoms with van der Waals surface area (Å²) in [6.07, 6.45) is 6.39. The molecule has 1 atom stereocenters. The van der Waals surface area contributed by atoms with E-state index >= 15 is 0 Å². The first-order valence-corrected chi connectivity index (χ1v) is 11.1. The van der Waals surface area contributed by atoms with Crippen LogP contribution in [0.3, 0.4) is 0 Å². The second-order valence-electron chi connectivity index (χ2n) is 8.36. The molecule has 34 heavy (non-hydrogen) atoms. The Balaban J connectivity index is 1.46. The van der Waals surface area contributed by atoms with Crippen LogP contribution in [0.2, 0.25) is 0 Å². The number of primary amides is 1. The molecule has 0 spiro atoms. The van der Waals surface area contributed by atoms with Gasteiger partial charge in [0.05, 0.1) is 37.3 Å². The highest BCUT2D eigenvalue weighted by Crippen LogP contribution is 2.39. The van der Waals surface area contributed by atoms with Gasteiger partial charge < -0.3 is 25.8 Å². The molecular formula is C23H25N7O4. The Morgan fingerprint density at radius 2 is 2.06 bits per heavy atom. The van der Waals surface area contributed by atoms with Crippen molar-refractivity contribution in [1.82, 2.24) is 20.0 Å². The third-order valence-corrected chi connectivity index (χ3v) is 5.91. The summed E-state index contributed by atoms with van der Waals surface area (Å²) in [5.74, 6) is -0.0656. The van der Waals surface area contributed by atoms with Crippen molar-refractivity contribution >= 4 is 29.0 Å². The number of ether oxygens (including phenoxy) is 2. The van der Waals surface area contributed by atoms with E-state index in [1.807, 2.05) is 29.1 Å². The number of nitrogens with two attached hydrogens (primary N) is 1. The van der Waals surface area contributed by atoms with Gasteiger partial charge in [-0.3, -0.25) is 14.3 Å². The Kier molecular flexibility index (Phi) is 5.84. The Morgan fingerprint density at radius 3 is 2.76 bits per heavy atom. The normalized spacial score (nSPS) is 17.4. The van der Waals surface area contributed by atoms with Gasteiger partial charge in [0.25, 0.3) is 5.91 Å². The maximum atomic E-state index is 12.1. The molecule has 176 valence electrons. The maximum absolute atomic E-state index is 12.1. The van der Waals surface area contributed by atoms with Crippen molar-refractivity contribution in [2.45, 2.75) is 25.3 Å². The van der Waals surface area contributed by atoms with Crippen molar-refractivity contribution in [3.63, 3.8) is 0 Å². The highest BCUT2D eigenvalue weighted by molar-refractivity contribution is 5.99. The van der Waals surface area contributed by atoms with Crippen LogP contribution in [0.25, 0.3) is 11.1 Å². The summed E-state index contributed by atoms with van der Waals surface area (Å²) < 4.78 is 13.1. The van der Waals surface area contributed by atoms with E-state index in [1.54, 1.807) is 13.3 Å². The van der Waals surface area contributed by atoms with Gasteiger partial charge in [0.1, 0.15) is 5.75 Å². The molecule has 1 aromatic carbocycles. The van der Waals surface area contributed by atoms with Crippen molar-refractivity contribution in [2.75, 3.05) is 31.0 Å². The minimum Gasteiger partial charge on any atom is -0.494 e. The number of nitrogens with one attached hydrogen (secondary N) is 2. The Morgan fingerprint density at radius 1 is 1.21 bits per heavy atom. The number of anilines is 3. The fourth-order valence-electron chi connectivity index (χ4n) is 3.94. The number of hydrogen-bond acceptors (Lipinski definition) is 8. The molecule has 1 saturated carbocycles. The fourth-order valence-corrected chi connectivity index (χ4v) is 3.94. The predicted molar refractivity (Wildman–Crippen MR) is 124 cm³/mol. The number of rotatable bonds is 8. The largest absolute Gasteiger partial charge is 0.494 e. The van der Waals surface area contributed by atoms with Gasteiger partial charge in [0, 0.05) is 35.9 Å². The quantitative estimate of drug-likeness (QED) is 0.462. The van der Waals surface area contributed by atoms with Gasteiger partial charge in [0.2, 0.25) is 5.91 Å². The van der Waals surface area contributed by atoms with Crippen LogP contribution in [0.4, 0.5) is 17.2 Å². The van der Waals surface area contributed by atoms with Crippen LogP contribution in [0, 0.1) is 5.92 Å². The number of carbonyl (C=O) groups is 2. The summed E-state index contributed by atoms with van der Waals surface area (Å²) in [5, 5.41) is 18.3. The van der Waals surface area contributed by atoms with Crippen molar-refractivity contribution in [3.8, 4) is 16.9 Å². The van der Waals surface area contributed by atoms with Gasteiger partial charge in [-0.05, 0) is 25.3 Å². The number of carbonyl (C=O) groups excluding carboxylic acids is 2. The summed E-state index contributed by atoms with van der Waals surface area (Å²) in [4.78, 5) is 24.1. The first-order chi connectivity index (χ1) is 16.5. The molecule has 1 aliphatic carbocycles. The molecule has 2 aliphatic rings. The van der Waals surface area contributed by atoms with Crippen molar-refractivity contribution in [3.05, 3.63) is 42.4 Å². The summed E-state index contributed by atoms with van der Waals surface area (Å²) >= 11 is 0. The molecule has 11 heteroatoms. The maximum Gasteiger partial charge on any atom is 0.271 e. The number of hydrogen-bond donors (Lipinski definition) is 3. The van der Waals surface area contributed by atoms with E-state index in [9.17, 15) is 9.59 Å². The first kappa shape index (κ1) is 21.8. The molecule has 1 saturated heterocycles. The molecule has 0 bridgehead atoms. The van der Waals surface area contributed by atoms with Crippen molar-refractivity contribution < 1.29 is 19.1 Å². The van der Waals surface area contributed by atoms with Gasteiger partial charge >= 0.3 is 0 Å². The van der Waals surface area contributed by atoms with Gasteiger partial charge in [-0.15, -0.1) is 10.2 Å². The minimum absolute atomic E-state index is 0.00233. The molecule has 1 aliphatic heterocycles. The van der Waals surface area contributed by atoms with Crippen molar-refractivity contribution in [2.24, 2.45) is 11.7 Å². The molecule has 2 aromatic heterocycles. The van der Waals surface area contributed by atoms with E-state index < -0.39 is 5.91 Å². The molecule has 11 nitrogen and oxygen atoms in total. The van der Waals surface area contributed by atoms with E-state index in [1.165, 1.54) is 6.07 Å². The van der Waals surface area contributed by atoms with Crippen LogP contribution in [-0.4, -0.2) is 52.1 Å². The Labute approximate surface area is 195 Å². The third kappa shape index (κ3) is 4.42. The summed E-state index contributed by atoms with van der Waals surface area (Å²) in [7, 11) is 1.57. The molecule has 4 N–H and O–H groups in total. The van der Waals surface area contributed by atoms with Crippen LogP contribution in [-0.2, 0) is 9.53 Å². The van der Waals surface area contributed by atoms with E-state index in [2.05, 4.69) is 25.9 Å². The van der Waals surface area contributed by atoms with Crippen LogP contribution >= 0.6 is 0 Å². The van der Waals surface area contributed by atoms with E-state index in [0.717, 1.165) is 37.0 Å². The van der Waals surface area contributed by atoms with E-state index in [-0.39, 0.29) is 29.4 Å². The zero-order valence-corrected chi connectivity index (χ0v) is 18.7. The number of methoxy groups -OCH3 is 1. The SMILES string of the molecule is COc1c(Nc2cc(NC(=O)C3CC3)nnc2C(N)=O)cccc1-c1cnn([C@@H]2CCOC2)c1. The lowest BCUT2D eigenvalue weighted by Gasteiger charge is -2.16. The lowest BCUT2D eigenvalue weighted by atomic mass is 10.1. The molecule has 5 rings (SSSR count). The van der Waals surface area contributed by atoms with E-state index in [4.69, 9.17) is 15.2 Å². The molecule has 0 radical (unpaired) electrons. The summed E-state index contributed by atoms with van der Waals surface area (Å²) in [6.45, 7) is 1.37. The third-order valence-electron chi connectivity index (χ3n) is 5.91. The van der Waals surface area contributed by atoms with Crippen LogP contribution in [0.1, 0.15) is 35.8 Å². The van der Waals surface area contributed by atoms with Gasteiger partial charge in [-0.2, -0.15) is 5.10 Å². The van der Waals surface area contributed by atoms with Crippen molar-refractivity contribution in [1.29, 1.82) is 0 Å². The van der Waals surface area contributed by atoms with Gasteiger partial charge in [0.15, 0.2) is 11.5 Å². The highest BCUT2D eigenvalue weighted by Gasteiger charge is 2.30. The first-order valence-electron chi connectivity index (χ1n) is 11.1. The average molecular weight is 463 g/mol. The number of amides is 2. The van der Waals surface area contributed by atoms with Gasteiger partial charge in [-0.25, -0.2) is 0 Å². The monoisotopic (exact) mass is 463 g/mol. The number of para-hydroxylation sites is 1. The summed E-state index contributed by atoms with van der Waals surface area (Å²) in [6, 6.07) is 7.36. The fraction of sp³-hybridized carbons (Fsp3) is 0.348. The van der Waals surface area contributed by atoms with Crippen LogP contribution < -0.4 is 21.1 Å². The molecule has 0 unspecified atom stereocenters. The number of aromatic nitrogens is 4. The van der Waals surface area contributed by atoms with Crippen LogP contribution in [0.15, 0.2) is 36.7 Å². The molecule has 3 heterocycles. The second kappa shape index (κ2) is 9.10. The zero-order chi connectivity index (χ0) is 23.7. The topological polar surface area (TPSA) is 146 Å². The highest BCUT2D eigenvalue weighted by atomic mass is 16.5. The summed E-state index contributed by atoms with van der Waals surface area (Å²) in [5.41, 5.74) is 8.06. The number of benzene rings is 1. The molecule has 2 amide bonds. The standard InChI is InChI=1S/C23H25N7O4/c1-33-21-16(14-10-25-30(11-14)15-7-8-34-12-15)3-2-4-17(21)26-18-9-19(27-23(32)13-5-6-13)28-29-20(18)22(24)31/h2-4,9-11,13,15H,5-8,12H2,1H3,(H2,24,31)(H2,26,27,28,32)/t15-/m1/s1. The van der Waals surface area contributed by atoms with Crippen LogP contribution in [0.5, 0.6) is 5.75 Å². The Hall–Kier alpha value is -3.99. The lowest BCUT2D eigenvalue weighted by molar-refractivity contribution is -0.117. The molecule has 2 fully saturated rings. The Bertz CT molecular complexity index is 1230. The smallest absolute Gasteiger partial charge is 0.271 e. The zero-order valence-electron chi connectivity index (χ0n) is 18.7. The van der Waals surface area contributed by atoms with E-state index in [0.29, 0.717) is 23.7 Å². The van der Waals surface area contributed by atoms with Gasteiger partial charge in [-0.1, -0.05) is 12.1 Å².